The van der Waals surface area contributed by atoms with Crippen molar-refractivity contribution in [3.05, 3.63) is 53.3 Å². The van der Waals surface area contributed by atoms with E-state index in [1.165, 1.54) is 95.7 Å². The fraction of sp³-hybridized carbons (Fsp3) is 0.644. The van der Waals surface area contributed by atoms with Crippen molar-refractivity contribution in [2.24, 2.45) is 4.99 Å². The van der Waals surface area contributed by atoms with Gasteiger partial charge in [-0.3, -0.25) is 14.4 Å². The first-order chi connectivity index (χ1) is 42.5. The molecule has 30 heteroatoms. The average Bonchev–Trinajstić information content (AvgIpc) is 0.971. The number of nitrogens with zero attached hydrogens (tertiary/aromatic N) is 1. The van der Waals surface area contributed by atoms with Crippen LogP contribution in [0.15, 0.2) is 52.8 Å². The van der Waals surface area contributed by atoms with Gasteiger partial charge in [0.1, 0.15) is 36.2 Å². The topological polar surface area (TPSA) is 327 Å². The van der Waals surface area contributed by atoms with Gasteiger partial charge in [0.15, 0.2) is 54.1 Å². The van der Waals surface area contributed by atoms with Crippen LogP contribution in [0.3, 0.4) is 0 Å². The minimum Gasteiger partial charge on any atom is -0.493 e. The number of hydrogen-bond donors (Lipinski definition) is 7. The first kappa shape index (κ1) is 71.9. The van der Waals surface area contributed by atoms with Gasteiger partial charge in [-0.25, -0.2) is 9.59 Å². The van der Waals surface area contributed by atoms with E-state index in [1.54, 1.807) is 14.0 Å². The number of methoxy groups -OCH3 is 5. The fourth-order valence-electron chi connectivity index (χ4n) is 10.9. The lowest BCUT2D eigenvalue weighted by Gasteiger charge is -2.47. The molecule has 0 aromatic heterocycles. The van der Waals surface area contributed by atoms with Crippen LogP contribution in [0.25, 0.3) is 0 Å². The summed E-state index contributed by atoms with van der Waals surface area (Å²) in [5.74, 6) is 8.71. The van der Waals surface area contributed by atoms with Crippen LogP contribution in [0, 0.1) is 23.7 Å². The SMILES string of the molecule is C=C(OC)C(=O)Nc1cc(OC)c(OC)cc1C(=O)OC1CC(OC2C(=O)C(=NC(=O)OC)C3=C(CCSSSC)C2(O)C#CC=CC#CC3OC2OC(C)C(NOC3CC(O)C(SC)C(C)O3)C(O)C2OC2CC(OC)C(NC(C)C)CO2)OC(C)C1O. The molecule has 2 aliphatic carbocycles. The first-order valence-corrected chi connectivity index (χ1v) is 33.9. The van der Waals surface area contributed by atoms with E-state index in [-0.39, 0.29) is 94.7 Å². The van der Waals surface area contributed by atoms with Gasteiger partial charge in [0, 0.05) is 55.9 Å². The number of allylic oxidation sites excluding steroid dienone is 2. The third-order valence-corrected chi connectivity index (χ3v) is 20.5. The molecule has 4 saturated heterocycles. The molecule has 492 valence electrons. The number of nitrogens with one attached hydrogen (secondary N) is 3. The van der Waals surface area contributed by atoms with Crippen LogP contribution in [0.1, 0.15) is 70.7 Å². The summed E-state index contributed by atoms with van der Waals surface area (Å²) in [5, 5.41) is 54.3. The normalized spacial score (nSPS) is 34.1. The van der Waals surface area contributed by atoms with Gasteiger partial charge in [-0.1, -0.05) is 65.7 Å². The predicted molar refractivity (Wildman–Crippen MR) is 331 cm³/mol. The van der Waals surface area contributed by atoms with Crippen molar-refractivity contribution in [3.8, 4) is 35.2 Å². The van der Waals surface area contributed by atoms with Crippen LogP contribution in [-0.2, 0) is 66.5 Å². The number of carbonyl (C=O) groups is 4. The maximum absolute atomic E-state index is 15.6. The lowest BCUT2D eigenvalue weighted by molar-refractivity contribution is -0.336. The maximum atomic E-state index is 15.6. The highest BCUT2D eigenvalue weighted by molar-refractivity contribution is 9.09. The Morgan fingerprint density at radius 1 is 0.865 bits per heavy atom. The number of aliphatic hydroxyl groups is 4. The second kappa shape index (κ2) is 33.4. The van der Waals surface area contributed by atoms with Gasteiger partial charge in [0.2, 0.25) is 5.78 Å². The fourth-order valence-corrected chi connectivity index (χ4v) is 14.4. The zero-order valence-electron chi connectivity index (χ0n) is 51.4. The van der Waals surface area contributed by atoms with E-state index >= 15 is 4.79 Å². The summed E-state index contributed by atoms with van der Waals surface area (Å²) >= 11 is 1.47. The van der Waals surface area contributed by atoms with Gasteiger partial charge < -0.3 is 92.6 Å². The van der Waals surface area contributed by atoms with E-state index in [4.69, 9.17) is 66.4 Å². The molecule has 4 heterocycles. The van der Waals surface area contributed by atoms with E-state index in [2.05, 4.69) is 51.4 Å². The molecule has 7 rings (SSSR count). The smallest absolute Gasteiger partial charge is 0.433 e. The number of ether oxygens (including phenoxy) is 13. The molecule has 19 atom stereocenters. The number of aliphatic imine (C=N–C) groups is 1. The quantitative estimate of drug-likeness (QED) is 0.0139. The van der Waals surface area contributed by atoms with E-state index in [9.17, 15) is 34.8 Å². The zero-order chi connectivity index (χ0) is 64.9. The number of anilines is 1. The highest BCUT2D eigenvalue weighted by atomic mass is 33.5. The zero-order valence-corrected chi connectivity index (χ0v) is 54.7. The summed E-state index contributed by atoms with van der Waals surface area (Å²) in [6, 6.07) is 1.39. The number of benzene rings is 1. The van der Waals surface area contributed by atoms with Crippen molar-refractivity contribution < 1.29 is 106 Å². The van der Waals surface area contributed by atoms with Gasteiger partial charge in [0.05, 0.1) is 94.2 Å². The van der Waals surface area contributed by atoms with Crippen molar-refractivity contribution >= 4 is 78.3 Å². The molecule has 0 saturated carbocycles. The third-order valence-electron chi connectivity index (χ3n) is 15.3. The molecule has 2 amide bonds. The van der Waals surface area contributed by atoms with E-state index in [0.717, 1.165) is 7.11 Å². The Labute approximate surface area is 533 Å². The first-order valence-electron chi connectivity index (χ1n) is 28.5. The number of fused-ring (bicyclic) bond motifs is 1. The molecule has 1 aromatic rings. The molecule has 26 nitrogen and oxygen atoms in total. The summed E-state index contributed by atoms with van der Waals surface area (Å²) in [5.41, 5.74) is -0.914. The van der Waals surface area contributed by atoms with Gasteiger partial charge >= 0.3 is 12.1 Å². The molecular formula is C59H80N4O22S4. The summed E-state index contributed by atoms with van der Waals surface area (Å²) < 4.78 is 77.9. The van der Waals surface area contributed by atoms with Gasteiger partial charge in [-0.15, -0.1) is 0 Å². The lowest BCUT2D eigenvalue weighted by atomic mass is 9.72. The summed E-state index contributed by atoms with van der Waals surface area (Å²) in [6.07, 6.45) is -13.5. The Bertz CT molecular complexity index is 2890. The van der Waals surface area contributed by atoms with Gasteiger partial charge in [-0.2, -0.15) is 22.2 Å². The number of amides is 2. The van der Waals surface area contributed by atoms with E-state index in [1.807, 2.05) is 33.3 Å². The van der Waals surface area contributed by atoms with Crippen LogP contribution < -0.4 is 25.6 Å². The number of esters is 1. The van der Waals surface area contributed by atoms with E-state index in [0.29, 0.717) is 0 Å². The molecule has 89 heavy (non-hydrogen) atoms. The van der Waals surface area contributed by atoms with Crippen LogP contribution in [-0.4, -0.2) is 232 Å². The number of thioether (sulfide) groups is 1. The molecule has 4 fully saturated rings. The number of rotatable bonds is 25. The minimum atomic E-state index is -2.62. The van der Waals surface area contributed by atoms with Crippen molar-refractivity contribution in [3.63, 3.8) is 0 Å². The largest absolute Gasteiger partial charge is 0.493 e. The third kappa shape index (κ3) is 17.6. The monoisotopic (exact) mass is 1320 g/mol. The number of hydrogen-bond acceptors (Lipinski definition) is 28. The van der Waals surface area contributed by atoms with Crippen LogP contribution in [0.4, 0.5) is 10.5 Å². The van der Waals surface area contributed by atoms with Crippen LogP contribution >= 0.6 is 43.2 Å². The minimum absolute atomic E-state index is 0.0308. The number of carbonyl (C=O) groups excluding carboxylic acids is 4. The van der Waals surface area contributed by atoms with Crippen molar-refractivity contribution in [1.29, 1.82) is 0 Å². The van der Waals surface area contributed by atoms with Crippen molar-refractivity contribution in [2.45, 2.75) is 182 Å². The average molecular weight is 1330 g/mol. The molecule has 0 spiro atoms. The molecule has 4 aliphatic heterocycles. The standard InChI is InChI=1S/C59H80N4O22S4/c1-28(2)60-36-27-77-43(25-39(36)73-8)83-52-50(66)47(63-85-45-24-37(64)53(86-12)31(5)79-45)29(3)80-57(52)82-38-18-16-14-15-17-20-59(71)34(19-21-88-89-87-13)46(38)48(62-58(70)76-11)51(67)54(59)84-44-26-42(49(65)30(4)78-44)81-56(69)33-22-40(74-9)41(75-10)23-35(33)61-55(68)32(6)72-7/h14-15,22-23,28-31,36-39,42-45,47,49-50,52-54,57,60,63-66,71H,6,19,21,24-27H2,1-5,7-13H3,(H,61,68). The molecule has 19 unspecified atom stereocenters. The van der Waals surface area contributed by atoms with Crippen LogP contribution in [0.2, 0.25) is 0 Å². The second-order valence-corrected chi connectivity index (χ2v) is 27.0. The molecule has 1 aromatic carbocycles. The van der Waals surface area contributed by atoms with Crippen molar-refractivity contribution in [2.75, 3.05) is 65.7 Å². The maximum Gasteiger partial charge on any atom is 0.433 e. The lowest BCUT2D eigenvalue weighted by Crippen LogP contribution is -2.65. The van der Waals surface area contributed by atoms with Gasteiger partial charge in [-0.05, 0) is 67.3 Å². The molecule has 6 aliphatic rings. The Balaban J connectivity index is 1.27. The highest BCUT2D eigenvalue weighted by Crippen LogP contribution is 2.43. The number of Topliss-reactive ketones (excluding diaryl/α,β-unsaturated/α-hetero) is 1. The molecule has 2 bridgehead atoms. The van der Waals surface area contributed by atoms with E-state index < -0.39 is 134 Å². The highest BCUT2D eigenvalue weighted by Gasteiger charge is 2.57. The summed E-state index contributed by atoms with van der Waals surface area (Å²) in [7, 11) is 10.8. The summed E-state index contributed by atoms with van der Waals surface area (Å²) in [4.78, 5) is 66.6. The van der Waals surface area contributed by atoms with Gasteiger partial charge in [0.25, 0.3) is 5.91 Å². The van der Waals surface area contributed by atoms with Crippen molar-refractivity contribution in [1.82, 2.24) is 10.8 Å². The second-order valence-electron chi connectivity index (χ2n) is 21.5. The Hall–Kier alpha value is -4.49. The summed E-state index contributed by atoms with van der Waals surface area (Å²) in [6.45, 7) is 12.6. The van der Waals surface area contributed by atoms with Crippen LogP contribution in [0.5, 0.6) is 11.5 Å². The number of aliphatic hydroxyl groups excluding tert-OH is 3. The molecular weight excluding hydrogens is 1240 g/mol. The number of ketones is 1. The molecule has 7 N–H and O–H groups in total. The predicted octanol–water partition coefficient (Wildman–Crippen LogP) is 3.77. The Morgan fingerprint density at radius 2 is 1.57 bits per heavy atom. The number of hydroxylamine groups is 1. The molecule has 0 radical (unpaired) electrons. The Morgan fingerprint density at radius 3 is 2.24 bits per heavy atom. The Kier molecular flexibility index (Phi) is 27.0.